The van der Waals surface area contributed by atoms with Crippen LogP contribution in [0.3, 0.4) is 0 Å². The lowest BCUT2D eigenvalue weighted by Crippen LogP contribution is -2.30. The summed E-state index contributed by atoms with van der Waals surface area (Å²) >= 11 is 0. The maximum absolute atomic E-state index is 12.8. The highest BCUT2D eigenvalue weighted by molar-refractivity contribution is 5.96. The van der Waals surface area contributed by atoms with Gasteiger partial charge in [-0.05, 0) is 51.3 Å². The van der Waals surface area contributed by atoms with Gasteiger partial charge in [0.15, 0.2) is 11.6 Å². The van der Waals surface area contributed by atoms with Gasteiger partial charge in [-0.15, -0.1) is 0 Å². The second-order valence-electron chi connectivity index (χ2n) is 8.00. The van der Waals surface area contributed by atoms with E-state index in [1.54, 1.807) is 6.08 Å². The molecule has 2 aliphatic heterocycles. The van der Waals surface area contributed by atoms with Crippen LogP contribution in [0.4, 0.5) is 0 Å². The number of hydrogen-bond acceptors (Lipinski definition) is 5. The van der Waals surface area contributed by atoms with Crippen LogP contribution in [0.1, 0.15) is 55.6 Å². The molecule has 0 aliphatic carbocycles. The van der Waals surface area contributed by atoms with Crippen molar-refractivity contribution in [3.05, 3.63) is 53.1 Å². The molecule has 0 unspecified atom stereocenters. The van der Waals surface area contributed by atoms with E-state index in [1.807, 2.05) is 65.0 Å². The largest absolute Gasteiger partial charge is 0.458 e. The quantitative estimate of drug-likeness (QED) is 0.626. The molecule has 0 radical (unpaired) electrons. The van der Waals surface area contributed by atoms with Crippen molar-refractivity contribution in [2.24, 2.45) is 5.92 Å². The van der Waals surface area contributed by atoms with Gasteiger partial charge >= 0.3 is 5.97 Å². The molecule has 0 spiro atoms. The fourth-order valence-electron chi connectivity index (χ4n) is 3.52. The summed E-state index contributed by atoms with van der Waals surface area (Å²) in [6.07, 6.45) is 6.20. The summed E-state index contributed by atoms with van der Waals surface area (Å²) in [5.41, 5.74) is 2.22. The van der Waals surface area contributed by atoms with Gasteiger partial charge in [-0.2, -0.15) is 0 Å². The van der Waals surface area contributed by atoms with Crippen LogP contribution in [0, 0.1) is 12.8 Å². The van der Waals surface area contributed by atoms with E-state index in [4.69, 9.17) is 14.2 Å². The first-order valence-electron chi connectivity index (χ1n) is 9.73. The van der Waals surface area contributed by atoms with Crippen LogP contribution in [0.25, 0.3) is 6.08 Å². The summed E-state index contributed by atoms with van der Waals surface area (Å²) in [5, 5.41) is 0. The maximum atomic E-state index is 12.8. The Bertz CT molecular complexity index is 820. The normalized spacial score (nSPS) is 31.5. The van der Waals surface area contributed by atoms with Gasteiger partial charge in [-0.3, -0.25) is 4.79 Å². The van der Waals surface area contributed by atoms with Gasteiger partial charge in [0.1, 0.15) is 12.2 Å². The summed E-state index contributed by atoms with van der Waals surface area (Å²) in [4.78, 5) is 25.5. The van der Waals surface area contributed by atoms with Crippen LogP contribution in [0.15, 0.2) is 36.4 Å². The van der Waals surface area contributed by atoms with Gasteiger partial charge in [0.25, 0.3) is 0 Å². The number of cyclic esters (lactones) is 1. The van der Waals surface area contributed by atoms with Crippen molar-refractivity contribution >= 4 is 17.8 Å². The van der Waals surface area contributed by atoms with E-state index >= 15 is 0 Å². The standard InChI is InChI=1S/C23H28O5/c1-14-12-13-18(24)21-19(27-23(4,5)28-21)11-7-10-17-9-6-8-15(2)20(17)22(25)26-16(14)3/h6-10,12-14,16,19,21H,11H2,1-5H3/b10-7?,13-12-/t14-,16+,19+,21-/m1/s1. The summed E-state index contributed by atoms with van der Waals surface area (Å²) in [5.74, 6) is -1.42. The van der Waals surface area contributed by atoms with Crippen LogP contribution >= 0.6 is 0 Å². The molecule has 2 aliphatic rings. The van der Waals surface area contributed by atoms with Crippen LogP contribution in [0.5, 0.6) is 0 Å². The molecule has 3 rings (SSSR count). The summed E-state index contributed by atoms with van der Waals surface area (Å²) in [6.45, 7) is 9.27. The highest BCUT2D eigenvalue weighted by atomic mass is 16.8. The smallest absolute Gasteiger partial charge is 0.339 e. The van der Waals surface area contributed by atoms with E-state index in [0.29, 0.717) is 12.0 Å². The molecule has 5 heteroatoms. The minimum Gasteiger partial charge on any atom is -0.458 e. The van der Waals surface area contributed by atoms with E-state index in [1.165, 1.54) is 6.08 Å². The van der Waals surface area contributed by atoms with Gasteiger partial charge in [-0.25, -0.2) is 4.79 Å². The molecule has 1 saturated heterocycles. The lowest BCUT2D eigenvalue weighted by atomic mass is 9.98. The number of benzene rings is 1. The highest BCUT2D eigenvalue weighted by Gasteiger charge is 2.43. The topological polar surface area (TPSA) is 61.8 Å². The predicted octanol–water partition coefficient (Wildman–Crippen LogP) is 4.24. The molecule has 0 aromatic heterocycles. The average molecular weight is 384 g/mol. The van der Waals surface area contributed by atoms with Gasteiger partial charge in [0.05, 0.1) is 11.7 Å². The maximum Gasteiger partial charge on any atom is 0.339 e. The first kappa shape index (κ1) is 20.5. The van der Waals surface area contributed by atoms with Crippen molar-refractivity contribution in [3.63, 3.8) is 0 Å². The zero-order valence-electron chi connectivity index (χ0n) is 17.1. The summed E-state index contributed by atoms with van der Waals surface area (Å²) in [6, 6.07) is 5.70. The molecule has 0 bridgehead atoms. The Morgan fingerprint density at radius 1 is 1.07 bits per heavy atom. The van der Waals surface area contributed by atoms with E-state index in [2.05, 4.69) is 0 Å². The second kappa shape index (κ2) is 8.02. The second-order valence-corrected chi connectivity index (χ2v) is 8.00. The molecule has 1 fully saturated rings. The molecule has 0 N–H and O–H groups in total. The molecule has 150 valence electrons. The van der Waals surface area contributed by atoms with Gasteiger partial charge < -0.3 is 14.2 Å². The number of rotatable bonds is 0. The molecule has 5 nitrogen and oxygen atoms in total. The Balaban J connectivity index is 2.00. The minimum atomic E-state index is -0.812. The SMILES string of the molecule is Cc1cccc2c1C(=O)O[C@@H](C)[C@H](C)/C=C\C(=O)[C@H]1OC(C)(C)O[C@H]1CC=C2. The molecule has 28 heavy (non-hydrogen) atoms. The molecule has 0 saturated carbocycles. The van der Waals surface area contributed by atoms with Crippen molar-refractivity contribution in [3.8, 4) is 0 Å². The third kappa shape index (κ3) is 4.42. The highest BCUT2D eigenvalue weighted by Crippen LogP contribution is 2.31. The number of ether oxygens (including phenoxy) is 3. The van der Waals surface area contributed by atoms with Crippen molar-refractivity contribution < 1.29 is 23.8 Å². The van der Waals surface area contributed by atoms with Crippen molar-refractivity contribution in [2.75, 3.05) is 0 Å². The summed E-state index contributed by atoms with van der Waals surface area (Å²) < 4.78 is 17.5. The molecular formula is C23H28O5. The van der Waals surface area contributed by atoms with Crippen LogP contribution in [0.2, 0.25) is 0 Å². The Kier molecular flexibility index (Phi) is 5.87. The number of carbonyl (C=O) groups excluding carboxylic acids is 2. The molecule has 2 heterocycles. The predicted molar refractivity (Wildman–Crippen MR) is 107 cm³/mol. The molecular weight excluding hydrogens is 356 g/mol. The minimum absolute atomic E-state index is 0.118. The first-order chi connectivity index (χ1) is 13.2. The Morgan fingerprint density at radius 3 is 2.57 bits per heavy atom. The van der Waals surface area contributed by atoms with Crippen molar-refractivity contribution in [2.45, 2.75) is 65.1 Å². The number of aryl methyl sites for hydroxylation is 1. The van der Waals surface area contributed by atoms with Crippen LogP contribution < -0.4 is 0 Å². The molecule has 0 amide bonds. The molecule has 4 atom stereocenters. The first-order valence-corrected chi connectivity index (χ1v) is 9.73. The average Bonchev–Trinajstić information content (AvgIpc) is 2.93. The zero-order valence-corrected chi connectivity index (χ0v) is 17.1. The number of ketones is 1. The number of hydrogen-bond donors (Lipinski definition) is 0. The third-order valence-electron chi connectivity index (χ3n) is 5.24. The molecule has 1 aromatic rings. The number of esters is 1. The third-order valence-corrected chi connectivity index (χ3v) is 5.24. The Morgan fingerprint density at radius 2 is 1.82 bits per heavy atom. The monoisotopic (exact) mass is 384 g/mol. The van der Waals surface area contributed by atoms with Crippen LogP contribution in [-0.2, 0) is 19.0 Å². The Labute approximate surface area is 166 Å². The fourth-order valence-corrected chi connectivity index (χ4v) is 3.52. The fraction of sp³-hybridized carbons (Fsp3) is 0.478. The van der Waals surface area contributed by atoms with E-state index in [-0.39, 0.29) is 29.9 Å². The summed E-state index contributed by atoms with van der Waals surface area (Å²) in [7, 11) is 0. The lowest BCUT2D eigenvalue weighted by Gasteiger charge is -2.20. The Hall–Kier alpha value is -2.24. The van der Waals surface area contributed by atoms with E-state index in [0.717, 1.165) is 11.1 Å². The number of carbonyl (C=O) groups is 2. The van der Waals surface area contributed by atoms with Gasteiger partial charge in [-0.1, -0.05) is 43.4 Å². The van der Waals surface area contributed by atoms with Gasteiger partial charge in [0.2, 0.25) is 0 Å². The van der Waals surface area contributed by atoms with Crippen molar-refractivity contribution in [1.82, 2.24) is 0 Å². The van der Waals surface area contributed by atoms with Crippen molar-refractivity contribution in [1.29, 1.82) is 0 Å². The molecule has 1 aromatic carbocycles. The van der Waals surface area contributed by atoms with E-state index in [9.17, 15) is 9.59 Å². The lowest BCUT2D eigenvalue weighted by molar-refractivity contribution is -0.152. The number of fused-ring (bicyclic) bond motifs is 2. The van der Waals surface area contributed by atoms with Gasteiger partial charge in [0, 0.05) is 5.92 Å². The van der Waals surface area contributed by atoms with Crippen LogP contribution in [-0.4, -0.2) is 35.9 Å². The zero-order chi connectivity index (χ0) is 20.5. The van der Waals surface area contributed by atoms with E-state index < -0.39 is 11.9 Å².